The van der Waals surface area contributed by atoms with Crippen molar-refractivity contribution in [1.29, 1.82) is 0 Å². The molecule has 1 aromatic carbocycles. The van der Waals surface area contributed by atoms with E-state index in [9.17, 15) is 4.79 Å². The Kier molecular flexibility index (Phi) is 6.89. The van der Waals surface area contributed by atoms with Gasteiger partial charge in [0, 0.05) is 6.04 Å². The van der Waals surface area contributed by atoms with Crippen LogP contribution in [0.25, 0.3) is 0 Å². The molecule has 1 aliphatic heterocycles. The molecule has 0 aliphatic carbocycles. The van der Waals surface area contributed by atoms with Gasteiger partial charge in [-0.1, -0.05) is 30.3 Å². The van der Waals surface area contributed by atoms with E-state index >= 15 is 0 Å². The van der Waals surface area contributed by atoms with Gasteiger partial charge in [-0.3, -0.25) is 4.79 Å². The SMILES string of the molecule is CC(CCc1ccccc1)NC(=O)C1CCCN1.Cl. The quantitative estimate of drug-likeness (QED) is 0.870. The summed E-state index contributed by atoms with van der Waals surface area (Å²) in [6.45, 7) is 3.05. The number of aryl methyl sites for hydroxylation is 1. The first-order chi connectivity index (χ1) is 8.75. The summed E-state index contributed by atoms with van der Waals surface area (Å²) in [7, 11) is 0. The van der Waals surface area contributed by atoms with Gasteiger partial charge in [0.1, 0.15) is 0 Å². The van der Waals surface area contributed by atoms with E-state index in [1.165, 1.54) is 5.56 Å². The molecule has 2 atom stereocenters. The predicted molar refractivity (Wildman–Crippen MR) is 80.6 cm³/mol. The van der Waals surface area contributed by atoms with Crippen LogP contribution in [-0.4, -0.2) is 24.5 Å². The molecule has 0 spiro atoms. The van der Waals surface area contributed by atoms with E-state index in [4.69, 9.17) is 0 Å². The Labute approximate surface area is 121 Å². The summed E-state index contributed by atoms with van der Waals surface area (Å²) in [5.41, 5.74) is 1.33. The van der Waals surface area contributed by atoms with Crippen molar-refractivity contribution in [2.24, 2.45) is 0 Å². The Bertz CT molecular complexity index is 377. The molecule has 4 heteroatoms. The molecule has 3 nitrogen and oxygen atoms in total. The van der Waals surface area contributed by atoms with E-state index in [1.807, 2.05) is 6.07 Å². The van der Waals surface area contributed by atoms with Crippen molar-refractivity contribution in [3.8, 4) is 0 Å². The molecule has 2 N–H and O–H groups in total. The van der Waals surface area contributed by atoms with E-state index in [-0.39, 0.29) is 30.4 Å². The Morgan fingerprint density at radius 3 is 2.79 bits per heavy atom. The minimum atomic E-state index is 0. The van der Waals surface area contributed by atoms with Crippen LogP contribution in [0, 0.1) is 0 Å². The first-order valence-electron chi connectivity index (χ1n) is 6.83. The number of amides is 1. The van der Waals surface area contributed by atoms with E-state index in [2.05, 4.69) is 41.8 Å². The Morgan fingerprint density at radius 2 is 2.16 bits per heavy atom. The number of carbonyl (C=O) groups excluding carboxylic acids is 1. The fourth-order valence-electron chi connectivity index (χ4n) is 2.35. The summed E-state index contributed by atoms with van der Waals surface area (Å²) in [5.74, 6) is 0.160. The van der Waals surface area contributed by atoms with Gasteiger partial charge in [-0.2, -0.15) is 0 Å². The first kappa shape index (κ1) is 16.0. The van der Waals surface area contributed by atoms with E-state index in [0.29, 0.717) is 0 Å². The maximum atomic E-state index is 11.9. The van der Waals surface area contributed by atoms with Crippen LogP contribution in [-0.2, 0) is 11.2 Å². The molecule has 0 radical (unpaired) electrons. The van der Waals surface area contributed by atoms with Crippen LogP contribution in [0.4, 0.5) is 0 Å². The molecule has 1 aromatic rings. The number of hydrogen-bond acceptors (Lipinski definition) is 2. The van der Waals surface area contributed by atoms with Gasteiger partial charge in [-0.15, -0.1) is 12.4 Å². The predicted octanol–water partition coefficient (Wildman–Crippen LogP) is 2.30. The third kappa shape index (κ3) is 5.21. The molecule has 2 unspecified atom stereocenters. The van der Waals surface area contributed by atoms with Crippen LogP contribution in [0.15, 0.2) is 30.3 Å². The van der Waals surface area contributed by atoms with E-state index < -0.39 is 0 Å². The van der Waals surface area contributed by atoms with Crippen LogP contribution >= 0.6 is 12.4 Å². The van der Waals surface area contributed by atoms with Gasteiger partial charge in [-0.25, -0.2) is 0 Å². The smallest absolute Gasteiger partial charge is 0.237 e. The second-order valence-corrected chi connectivity index (χ2v) is 5.08. The molecule has 106 valence electrons. The fraction of sp³-hybridized carbons (Fsp3) is 0.533. The minimum Gasteiger partial charge on any atom is -0.352 e. The maximum Gasteiger partial charge on any atom is 0.237 e. The lowest BCUT2D eigenvalue weighted by atomic mass is 10.1. The van der Waals surface area contributed by atoms with Gasteiger partial charge in [0.15, 0.2) is 0 Å². The molecule has 1 fully saturated rings. The van der Waals surface area contributed by atoms with Crippen LogP contribution in [0.2, 0.25) is 0 Å². The number of halogens is 1. The molecule has 1 saturated heterocycles. The molecule has 2 rings (SSSR count). The van der Waals surface area contributed by atoms with Crippen molar-refractivity contribution in [3.63, 3.8) is 0 Å². The lowest BCUT2D eigenvalue weighted by molar-refractivity contribution is -0.123. The van der Waals surface area contributed by atoms with Crippen molar-refractivity contribution in [2.45, 2.75) is 44.7 Å². The van der Waals surface area contributed by atoms with Gasteiger partial charge in [0.2, 0.25) is 5.91 Å². The summed E-state index contributed by atoms with van der Waals surface area (Å²) >= 11 is 0. The zero-order valence-electron chi connectivity index (χ0n) is 11.4. The lowest BCUT2D eigenvalue weighted by Gasteiger charge is -2.17. The largest absolute Gasteiger partial charge is 0.352 e. The first-order valence-corrected chi connectivity index (χ1v) is 6.83. The Balaban J connectivity index is 0.00000180. The van der Waals surface area contributed by atoms with Crippen molar-refractivity contribution in [3.05, 3.63) is 35.9 Å². The zero-order valence-corrected chi connectivity index (χ0v) is 12.2. The highest BCUT2D eigenvalue weighted by molar-refractivity contribution is 5.85. The van der Waals surface area contributed by atoms with Crippen molar-refractivity contribution >= 4 is 18.3 Å². The standard InChI is InChI=1S/C15H22N2O.ClH/c1-12(9-10-13-6-3-2-4-7-13)17-15(18)14-8-5-11-16-14;/h2-4,6-7,12,14,16H,5,8-11H2,1H3,(H,17,18);1H. The monoisotopic (exact) mass is 282 g/mol. The molecule has 0 bridgehead atoms. The minimum absolute atomic E-state index is 0. The number of benzene rings is 1. The van der Waals surface area contributed by atoms with Gasteiger partial charge >= 0.3 is 0 Å². The Morgan fingerprint density at radius 1 is 1.42 bits per heavy atom. The third-order valence-electron chi connectivity index (χ3n) is 3.47. The molecule has 1 heterocycles. The summed E-state index contributed by atoms with van der Waals surface area (Å²) < 4.78 is 0. The van der Waals surface area contributed by atoms with E-state index in [1.54, 1.807) is 0 Å². The summed E-state index contributed by atoms with van der Waals surface area (Å²) in [4.78, 5) is 11.9. The van der Waals surface area contributed by atoms with Crippen LogP contribution in [0.5, 0.6) is 0 Å². The maximum absolute atomic E-state index is 11.9. The molecular formula is C15H23ClN2O. The van der Waals surface area contributed by atoms with Gasteiger partial charge in [0.25, 0.3) is 0 Å². The lowest BCUT2D eigenvalue weighted by Crippen LogP contribution is -2.44. The van der Waals surface area contributed by atoms with Gasteiger partial charge < -0.3 is 10.6 Å². The number of rotatable bonds is 5. The second-order valence-electron chi connectivity index (χ2n) is 5.08. The van der Waals surface area contributed by atoms with E-state index in [0.717, 1.165) is 32.2 Å². The average molecular weight is 283 g/mol. The summed E-state index contributed by atoms with van der Waals surface area (Å²) in [5, 5.41) is 6.31. The molecule has 0 saturated carbocycles. The normalized spacial score (nSPS) is 19.5. The second kappa shape index (κ2) is 8.18. The molecule has 1 aliphatic rings. The molecule has 1 amide bonds. The van der Waals surface area contributed by atoms with Crippen molar-refractivity contribution < 1.29 is 4.79 Å². The fourth-order valence-corrected chi connectivity index (χ4v) is 2.35. The van der Waals surface area contributed by atoms with Crippen molar-refractivity contribution in [2.75, 3.05) is 6.54 Å². The molecular weight excluding hydrogens is 260 g/mol. The molecule has 19 heavy (non-hydrogen) atoms. The Hall–Kier alpha value is -1.06. The number of carbonyl (C=O) groups is 1. The van der Waals surface area contributed by atoms with Gasteiger partial charge in [-0.05, 0) is 44.7 Å². The average Bonchev–Trinajstić information content (AvgIpc) is 2.91. The van der Waals surface area contributed by atoms with Crippen LogP contribution in [0.1, 0.15) is 31.7 Å². The summed E-state index contributed by atoms with van der Waals surface area (Å²) in [6.07, 6.45) is 4.08. The summed E-state index contributed by atoms with van der Waals surface area (Å²) in [6, 6.07) is 10.7. The van der Waals surface area contributed by atoms with Crippen molar-refractivity contribution in [1.82, 2.24) is 10.6 Å². The van der Waals surface area contributed by atoms with Crippen LogP contribution in [0.3, 0.4) is 0 Å². The number of nitrogens with one attached hydrogen (secondary N) is 2. The highest BCUT2D eigenvalue weighted by Crippen LogP contribution is 2.07. The van der Waals surface area contributed by atoms with Crippen LogP contribution < -0.4 is 10.6 Å². The third-order valence-corrected chi connectivity index (χ3v) is 3.47. The molecule has 0 aromatic heterocycles. The van der Waals surface area contributed by atoms with Gasteiger partial charge in [0.05, 0.1) is 6.04 Å². The highest BCUT2D eigenvalue weighted by Gasteiger charge is 2.22. The topological polar surface area (TPSA) is 41.1 Å². The zero-order chi connectivity index (χ0) is 12.8. The number of hydrogen-bond donors (Lipinski definition) is 2. The highest BCUT2D eigenvalue weighted by atomic mass is 35.5.